The Morgan fingerprint density at radius 1 is 1.53 bits per heavy atom. The third-order valence-electron chi connectivity index (χ3n) is 3.63. The minimum absolute atomic E-state index is 0.0971. The molecule has 0 amide bonds. The number of aromatic nitrogens is 1. The zero-order valence-corrected chi connectivity index (χ0v) is 11.2. The van der Waals surface area contributed by atoms with E-state index in [1.165, 1.54) is 18.9 Å². The molecule has 1 aliphatic carbocycles. The standard InChI is InChI=1S/C14H20N2O3/c1-19-8-7-14(5-6-14)10-15-9-11-3-2-4-12(16-11)13(17)18/h2-4,15H,5-10H2,1H3,(H,17,18). The number of nitrogens with one attached hydrogen (secondary N) is 1. The van der Waals surface area contributed by atoms with Crippen molar-refractivity contribution in [3.05, 3.63) is 29.6 Å². The molecule has 1 aromatic heterocycles. The van der Waals surface area contributed by atoms with Gasteiger partial charge in [-0.3, -0.25) is 0 Å². The molecule has 19 heavy (non-hydrogen) atoms. The van der Waals surface area contributed by atoms with E-state index in [1.54, 1.807) is 13.2 Å². The van der Waals surface area contributed by atoms with Crippen molar-refractivity contribution in [1.29, 1.82) is 0 Å². The molecule has 0 spiro atoms. The van der Waals surface area contributed by atoms with Crippen LogP contribution in [0.4, 0.5) is 0 Å². The smallest absolute Gasteiger partial charge is 0.354 e. The Labute approximate surface area is 113 Å². The summed E-state index contributed by atoms with van der Waals surface area (Å²) in [7, 11) is 1.73. The van der Waals surface area contributed by atoms with Crippen LogP contribution in [0, 0.1) is 5.41 Å². The first-order valence-corrected chi connectivity index (χ1v) is 6.54. The van der Waals surface area contributed by atoms with Crippen LogP contribution in [-0.4, -0.2) is 36.3 Å². The lowest BCUT2D eigenvalue weighted by Crippen LogP contribution is -2.25. The Hall–Kier alpha value is -1.46. The first kappa shape index (κ1) is 14.0. The van der Waals surface area contributed by atoms with Crippen molar-refractivity contribution in [1.82, 2.24) is 10.3 Å². The van der Waals surface area contributed by atoms with E-state index < -0.39 is 5.97 Å². The molecule has 5 nitrogen and oxygen atoms in total. The number of carboxylic acids is 1. The summed E-state index contributed by atoms with van der Waals surface area (Å²) in [6.45, 7) is 2.35. The molecule has 2 N–H and O–H groups in total. The Balaban J connectivity index is 1.79. The van der Waals surface area contributed by atoms with Gasteiger partial charge in [-0.15, -0.1) is 0 Å². The van der Waals surface area contributed by atoms with Gasteiger partial charge in [-0.1, -0.05) is 6.07 Å². The molecule has 0 unspecified atom stereocenters. The van der Waals surface area contributed by atoms with Crippen molar-refractivity contribution < 1.29 is 14.6 Å². The van der Waals surface area contributed by atoms with E-state index >= 15 is 0 Å². The van der Waals surface area contributed by atoms with Crippen molar-refractivity contribution >= 4 is 5.97 Å². The van der Waals surface area contributed by atoms with Crippen LogP contribution in [0.3, 0.4) is 0 Å². The molecule has 1 fully saturated rings. The number of rotatable bonds is 8. The fraction of sp³-hybridized carbons (Fsp3) is 0.571. The number of carbonyl (C=O) groups is 1. The average molecular weight is 264 g/mol. The van der Waals surface area contributed by atoms with Crippen LogP contribution in [0.2, 0.25) is 0 Å². The quantitative estimate of drug-likeness (QED) is 0.747. The maximum Gasteiger partial charge on any atom is 0.354 e. The Morgan fingerprint density at radius 3 is 2.95 bits per heavy atom. The SMILES string of the molecule is COCCC1(CNCc2cccc(C(=O)O)n2)CC1. The highest BCUT2D eigenvalue weighted by atomic mass is 16.5. The highest BCUT2D eigenvalue weighted by Gasteiger charge is 2.41. The fourth-order valence-corrected chi connectivity index (χ4v) is 2.16. The van der Waals surface area contributed by atoms with Crippen LogP contribution < -0.4 is 5.32 Å². The molecule has 5 heteroatoms. The second-order valence-corrected chi connectivity index (χ2v) is 5.17. The van der Waals surface area contributed by atoms with E-state index in [0.29, 0.717) is 12.0 Å². The van der Waals surface area contributed by atoms with E-state index in [-0.39, 0.29) is 5.69 Å². The number of carboxylic acid groups (broad SMARTS) is 1. The van der Waals surface area contributed by atoms with Crippen LogP contribution in [0.15, 0.2) is 18.2 Å². The molecule has 0 bridgehead atoms. The monoisotopic (exact) mass is 264 g/mol. The summed E-state index contributed by atoms with van der Waals surface area (Å²) >= 11 is 0. The normalized spacial score (nSPS) is 16.3. The lowest BCUT2D eigenvalue weighted by atomic mass is 10.0. The second kappa shape index (κ2) is 6.12. The Kier molecular flexibility index (Phi) is 4.50. The van der Waals surface area contributed by atoms with E-state index in [9.17, 15) is 4.79 Å². The van der Waals surface area contributed by atoms with Gasteiger partial charge in [-0.25, -0.2) is 9.78 Å². The largest absolute Gasteiger partial charge is 0.477 e. The highest BCUT2D eigenvalue weighted by molar-refractivity contribution is 5.85. The van der Waals surface area contributed by atoms with Crippen LogP contribution in [0.1, 0.15) is 35.4 Å². The van der Waals surface area contributed by atoms with Crippen LogP contribution in [-0.2, 0) is 11.3 Å². The molecule has 1 heterocycles. The molecule has 0 radical (unpaired) electrons. The Morgan fingerprint density at radius 2 is 2.32 bits per heavy atom. The van der Waals surface area contributed by atoms with Gasteiger partial charge < -0.3 is 15.2 Å². The van der Waals surface area contributed by atoms with Crippen molar-refractivity contribution in [2.45, 2.75) is 25.8 Å². The van der Waals surface area contributed by atoms with E-state index in [2.05, 4.69) is 10.3 Å². The first-order chi connectivity index (χ1) is 9.15. The van der Waals surface area contributed by atoms with Gasteiger partial charge in [0.15, 0.2) is 0 Å². The number of ether oxygens (including phenoxy) is 1. The van der Waals surface area contributed by atoms with Gasteiger partial charge in [0.05, 0.1) is 5.69 Å². The van der Waals surface area contributed by atoms with Gasteiger partial charge in [-0.05, 0) is 36.8 Å². The summed E-state index contributed by atoms with van der Waals surface area (Å²) in [5.74, 6) is -0.986. The number of hydrogen-bond donors (Lipinski definition) is 2. The maximum atomic E-state index is 10.8. The molecule has 0 atom stereocenters. The van der Waals surface area contributed by atoms with Crippen LogP contribution >= 0.6 is 0 Å². The minimum Gasteiger partial charge on any atom is -0.477 e. The third-order valence-corrected chi connectivity index (χ3v) is 3.63. The second-order valence-electron chi connectivity index (χ2n) is 5.17. The predicted octanol–water partition coefficient (Wildman–Crippen LogP) is 1.69. The minimum atomic E-state index is -0.986. The van der Waals surface area contributed by atoms with Crippen molar-refractivity contribution in [3.63, 3.8) is 0 Å². The summed E-state index contributed by atoms with van der Waals surface area (Å²) in [5, 5.41) is 12.2. The lowest BCUT2D eigenvalue weighted by Gasteiger charge is -2.15. The van der Waals surface area contributed by atoms with E-state index in [0.717, 1.165) is 25.3 Å². The van der Waals surface area contributed by atoms with Gasteiger partial charge in [0.1, 0.15) is 5.69 Å². The first-order valence-electron chi connectivity index (χ1n) is 6.54. The van der Waals surface area contributed by atoms with Gasteiger partial charge in [0.25, 0.3) is 0 Å². The molecule has 0 aliphatic heterocycles. The fourth-order valence-electron chi connectivity index (χ4n) is 2.16. The van der Waals surface area contributed by atoms with Crippen molar-refractivity contribution in [2.24, 2.45) is 5.41 Å². The van der Waals surface area contributed by atoms with Crippen LogP contribution in [0.5, 0.6) is 0 Å². The van der Waals surface area contributed by atoms with Crippen LogP contribution in [0.25, 0.3) is 0 Å². The molecule has 104 valence electrons. The van der Waals surface area contributed by atoms with E-state index in [4.69, 9.17) is 9.84 Å². The molecular weight excluding hydrogens is 244 g/mol. The highest BCUT2D eigenvalue weighted by Crippen LogP contribution is 2.48. The average Bonchev–Trinajstić information content (AvgIpc) is 3.17. The van der Waals surface area contributed by atoms with Crippen molar-refractivity contribution in [2.75, 3.05) is 20.3 Å². The summed E-state index contributed by atoms with van der Waals surface area (Å²) in [6, 6.07) is 5.08. The topological polar surface area (TPSA) is 71.5 Å². The maximum absolute atomic E-state index is 10.8. The van der Waals surface area contributed by atoms with Crippen molar-refractivity contribution in [3.8, 4) is 0 Å². The number of methoxy groups -OCH3 is 1. The summed E-state index contributed by atoms with van der Waals surface area (Å²) < 4.78 is 5.12. The molecule has 1 aromatic rings. The van der Waals surface area contributed by atoms with Gasteiger partial charge in [0.2, 0.25) is 0 Å². The summed E-state index contributed by atoms with van der Waals surface area (Å²) in [6.07, 6.45) is 3.57. The number of aromatic carboxylic acids is 1. The van der Waals surface area contributed by atoms with Gasteiger partial charge >= 0.3 is 5.97 Å². The lowest BCUT2D eigenvalue weighted by molar-refractivity contribution is 0.0690. The van der Waals surface area contributed by atoms with Gasteiger partial charge in [0, 0.05) is 26.8 Å². The zero-order chi connectivity index (χ0) is 13.7. The number of nitrogens with zero attached hydrogens (tertiary/aromatic N) is 1. The molecular formula is C14H20N2O3. The number of hydrogen-bond acceptors (Lipinski definition) is 4. The molecule has 1 aliphatic rings. The number of pyridine rings is 1. The Bertz CT molecular complexity index is 444. The van der Waals surface area contributed by atoms with E-state index in [1.807, 2.05) is 6.07 Å². The summed E-state index contributed by atoms with van der Waals surface area (Å²) in [5.41, 5.74) is 1.25. The molecule has 0 aromatic carbocycles. The molecule has 2 rings (SSSR count). The summed E-state index contributed by atoms with van der Waals surface area (Å²) in [4.78, 5) is 14.9. The molecule has 1 saturated carbocycles. The van der Waals surface area contributed by atoms with Gasteiger partial charge in [-0.2, -0.15) is 0 Å². The molecule has 0 saturated heterocycles. The zero-order valence-electron chi connectivity index (χ0n) is 11.2. The third kappa shape index (κ3) is 4.01. The predicted molar refractivity (Wildman–Crippen MR) is 71.1 cm³/mol.